The molecule has 0 saturated carbocycles. The molecule has 0 radical (unpaired) electrons. The van der Waals surface area contributed by atoms with Crippen LogP contribution in [0.3, 0.4) is 0 Å². The smallest absolute Gasteiger partial charge is 0.370 e. The van der Waals surface area contributed by atoms with Crippen LogP contribution < -0.4 is 10.6 Å². The van der Waals surface area contributed by atoms with Crippen molar-refractivity contribution in [1.29, 1.82) is 0 Å². The summed E-state index contributed by atoms with van der Waals surface area (Å²) < 4.78 is 42.8. The highest BCUT2D eigenvalue weighted by atomic mass is 19.4. The molecule has 0 aromatic heterocycles. The fourth-order valence-corrected chi connectivity index (χ4v) is 2.46. The molecule has 8 heteroatoms. The van der Waals surface area contributed by atoms with Crippen molar-refractivity contribution in [2.75, 3.05) is 50.8 Å². The van der Waals surface area contributed by atoms with Crippen LogP contribution in [0.15, 0.2) is 24.3 Å². The van der Waals surface area contributed by atoms with E-state index in [1.54, 1.807) is 0 Å². The Morgan fingerprint density at radius 3 is 2.26 bits per heavy atom. The maximum atomic E-state index is 12.5. The molecule has 2 rings (SSSR count). The molecule has 0 atom stereocenters. The second-order valence-corrected chi connectivity index (χ2v) is 5.39. The maximum Gasteiger partial charge on any atom is 0.416 e. The number of ether oxygens (including phenoxy) is 1. The Balaban J connectivity index is 1.77. The number of halogens is 3. The van der Waals surface area contributed by atoms with Gasteiger partial charge in [0.2, 0.25) is 5.91 Å². The molecule has 0 bridgehead atoms. The number of nitrogens with two attached hydrogens (primary N) is 1. The van der Waals surface area contributed by atoms with Crippen LogP contribution >= 0.6 is 0 Å². The van der Waals surface area contributed by atoms with Gasteiger partial charge in [-0.3, -0.25) is 9.69 Å². The number of carbonyl (C=O) groups excluding carboxylic acids is 1. The van der Waals surface area contributed by atoms with E-state index in [0.29, 0.717) is 13.2 Å². The van der Waals surface area contributed by atoms with Crippen LogP contribution in [-0.2, 0) is 15.7 Å². The van der Waals surface area contributed by atoms with E-state index in [0.717, 1.165) is 44.0 Å². The van der Waals surface area contributed by atoms with E-state index in [2.05, 4.69) is 9.80 Å². The summed E-state index contributed by atoms with van der Waals surface area (Å²) in [5.41, 5.74) is 5.14. The minimum atomic E-state index is -4.30. The number of piperazine rings is 1. The summed E-state index contributed by atoms with van der Waals surface area (Å²) in [4.78, 5) is 14.8. The predicted molar refractivity (Wildman–Crippen MR) is 80.1 cm³/mol. The monoisotopic (exact) mass is 331 g/mol. The van der Waals surface area contributed by atoms with Gasteiger partial charge in [0.15, 0.2) is 0 Å². The third-order valence-electron chi connectivity index (χ3n) is 3.73. The number of primary amides is 1. The molecule has 1 aromatic carbocycles. The summed E-state index contributed by atoms with van der Waals surface area (Å²) in [5.74, 6) is -0.489. The highest BCUT2D eigenvalue weighted by Gasteiger charge is 2.30. The van der Waals surface area contributed by atoms with Crippen LogP contribution in [0.2, 0.25) is 0 Å². The van der Waals surface area contributed by atoms with E-state index in [9.17, 15) is 18.0 Å². The van der Waals surface area contributed by atoms with Crippen LogP contribution in [-0.4, -0.2) is 56.7 Å². The normalized spacial score (nSPS) is 16.6. The maximum absolute atomic E-state index is 12.5. The van der Waals surface area contributed by atoms with E-state index in [-0.39, 0.29) is 6.61 Å². The first-order valence-electron chi connectivity index (χ1n) is 7.37. The summed E-state index contributed by atoms with van der Waals surface area (Å²) in [6.45, 7) is 4.12. The SMILES string of the molecule is NC(=O)COCCN1CCN(c2ccc(C(F)(F)F)cc2)CC1. The van der Waals surface area contributed by atoms with Crippen LogP contribution in [0.25, 0.3) is 0 Å². The van der Waals surface area contributed by atoms with Crippen molar-refractivity contribution in [1.82, 2.24) is 4.90 Å². The van der Waals surface area contributed by atoms with Crippen molar-refractivity contribution < 1.29 is 22.7 Å². The van der Waals surface area contributed by atoms with E-state index in [1.807, 2.05) is 0 Å². The molecule has 0 spiro atoms. The van der Waals surface area contributed by atoms with Gasteiger partial charge in [0, 0.05) is 38.4 Å². The molecule has 0 aliphatic carbocycles. The summed E-state index contributed by atoms with van der Waals surface area (Å²) in [6.07, 6.45) is -4.30. The van der Waals surface area contributed by atoms with Gasteiger partial charge in [0.1, 0.15) is 6.61 Å². The average molecular weight is 331 g/mol. The average Bonchev–Trinajstić information content (AvgIpc) is 2.51. The third kappa shape index (κ3) is 5.40. The van der Waals surface area contributed by atoms with Crippen molar-refractivity contribution in [2.45, 2.75) is 6.18 Å². The van der Waals surface area contributed by atoms with Crippen molar-refractivity contribution in [3.63, 3.8) is 0 Å². The fraction of sp³-hybridized carbons (Fsp3) is 0.533. The van der Waals surface area contributed by atoms with Gasteiger partial charge in [0.25, 0.3) is 0 Å². The minimum absolute atomic E-state index is 0.0779. The molecular formula is C15H20F3N3O2. The van der Waals surface area contributed by atoms with Gasteiger partial charge in [-0.05, 0) is 24.3 Å². The van der Waals surface area contributed by atoms with Gasteiger partial charge in [0.05, 0.1) is 12.2 Å². The highest BCUT2D eigenvalue weighted by molar-refractivity contribution is 5.74. The van der Waals surface area contributed by atoms with Gasteiger partial charge in [-0.2, -0.15) is 13.2 Å². The topological polar surface area (TPSA) is 58.8 Å². The molecule has 2 N–H and O–H groups in total. The summed E-state index contributed by atoms with van der Waals surface area (Å²) >= 11 is 0. The zero-order chi connectivity index (χ0) is 16.9. The molecule has 128 valence electrons. The molecule has 1 saturated heterocycles. The van der Waals surface area contributed by atoms with Crippen molar-refractivity contribution in [2.24, 2.45) is 5.73 Å². The standard InChI is InChI=1S/C15H20F3N3O2/c16-15(17,18)12-1-3-13(4-2-12)21-7-5-20(6-8-21)9-10-23-11-14(19)22/h1-4H,5-11H2,(H2,19,22). The molecule has 1 heterocycles. The number of carbonyl (C=O) groups is 1. The van der Waals surface area contributed by atoms with Crippen LogP contribution in [0, 0.1) is 0 Å². The van der Waals surface area contributed by atoms with E-state index in [4.69, 9.17) is 10.5 Å². The quantitative estimate of drug-likeness (QED) is 0.799. The Morgan fingerprint density at radius 1 is 1.13 bits per heavy atom. The molecule has 1 aliphatic rings. The first-order valence-corrected chi connectivity index (χ1v) is 7.37. The number of hydrogen-bond donors (Lipinski definition) is 1. The van der Waals surface area contributed by atoms with Crippen molar-refractivity contribution >= 4 is 11.6 Å². The largest absolute Gasteiger partial charge is 0.416 e. The molecule has 0 unspecified atom stereocenters. The number of rotatable bonds is 6. The number of amides is 1. The van der Waals surface area contributed by atoms with E-state index >= 15 is 0 Å². The Hall–Kier alpha value is -1.80. The van der Waals surface area contributed by atoms with E-state index < -0.39 is 17.6 Å². The molecular weight excluding hydrogens is 311 g/mol. The van der Waals surface area contributed by atoms with Crippen molar-refractivity contribution in [3.05, 3.63) is 29.8 Å². The van der Waals surface area contributed by atoms with Gasteiger partial charge in [-0.25, -0.2) is 0 Å². The lowest BCUT2D eigenvalue weighted by molar-refractivity contribution is -0.137. The second-order valence-electron chi connectivity index (χ2n) is 5.39. The van der Waals surface area contributed by atoms with Crippen molar-refractivity contribution in [3.8, 4) is 0 Å². The minimum Gasteiger partial charge on any atom is -0.370 e. The zero-order valence-corrected chi connectivity index (χ0v) is 12.7. The van der Waals surface area contributed by atoms with Crippen LogP contribution in [0.5, 0.6) is 0 Å². The van der Waals surface area contributed by atoms with Gasteiger partial charge in [-0.15, -0.1) is 0 Å². The highest BCUT2D eigenvalue weighted by Crippen LogP contribution is 2.30. The summed E-state index contributed by atoms with van der Waals surface area (Å²) in [6, 6.07) is 5.24. The predicted octanol–water partition coefficient (Wildman–Crippen LogP) is 1.33. The molecule has 23 heavy (non-hydrogen) atoms. The van der Waals surface area contributed by atoms with Crippen LogP contribution in [0.1, 0.15) is 5.56 Å². The summed E-state index contributed by atoms with van der Waals surface area (Å²) in [7, 11) is 0. The summed E-state index contributed by atoms with van der Waals surface area (Å²) in [5, 5.41) is 0. The number of alkyl halides is 3. The molecule has 5 nitrogen and oxygen atoms in total. The second kappa shape index (κ2) is 7.65. The van der Waals surface area contributed by atoms with Gasteiger partial charge >= 0.3 is 6.18 Å². The molecule has 1 amide bonds. The number of benzene rings is 1. The van der Waals surface area contributed by atoms with Crippen LogP contribution in [0.4, 0.5) is 18.9 Å². The fourth-order valence-electron chi connectivity index (χ4n) is 2.46. The molecule has 1 fully saturated rings. The van der Waals surface area contributed by atoms with E-state index in [1.165, 1.54) is 12.1 Å². The number of hydrogen-bond acceptors (Lipinski definition) is 4. The molecule has 1 aliphatic heterocycles. The number of anilines is 1. The first kappa shape index (κ1) is 17.6. The lowest BCUT2D eigenvalue weighted by Crippen LogP contribution is -2.47. The number of nitrogens with zero attached hydrogens (tertiary/aromatic N) is 2. The first-order chi connectivity index (χ1) is 10.9. The van der Waals surface area contributed by atoms with Gasteiger partial charge < -0.3 is 15.4 Å². The third-order valence-corrected chi connectivity index (χ3v) is 3.73. The lowest BCUT2D eigenvalue weighted by atomic mass is 10.1. The Kier molecular flexibility index (Phi) is 5.84. The lowest BCUT2D eigenvalue weighted by Gasteiger charge is -2.36. The zero-order valence-electron chi connectivity index (χ0n) is 12.7. The van der Waals surface area contributed by atoms with Gasteiger partial charge in [-0.1, -0.05) is 0 Å². The Labute approximate surface area is 132 Å². The Bertz CT molecular complexity index is 512. The Morgan fingerprint density at radius 2 is 1.74 bits per heavy atom. The molecule has 1 aromatic rings.